The molecule has 0 spiro atoms. The molecular formula is C37H52N6O6. The maximum Gasteiger partial charge on any atom is 0.251 e. The average molecular weight is 677 g/mol. The van der Waals surface area contributed by atoms with Gasteiger partial charge in [0.2, 0.25) is 23.6 Å². The van der Waals surface area contributed by atoms with E-state index in [1.807, 2.05) is 61.2 Å². The van der Waals surface area contributed by atoms with Crippen molar-refractivity contribution in [2.45, 2.75) is 77.5 Å². The van der Waals surface area contributed by atoms with Crippen LogP contribution < -0.4 is 21.3 Å². The molecule has 1 fully saturated rings. The first-order valence-electron chi connectivity index (χ1n) is 17.5. The molecule has 3 atom stereocenters. The number of hydrogen-bond donors (Lipinski definition) is 4. The fraction of sp³-hybridized carbons (Fsp3) is 0.541. The Bertz CT molecular complexity index is 1400. The van der Waals surface area contributed by atoms with Crippen LogP contribution in [-0.2, 0) is 36.9 Å². The molecule has 0 radical (unpaired) electrons. The van der Waals surface area contributed by atoms with Crippen molar-refractivity contribution in [1.29, 1.82) is 0 Å². The van der Waals surface area contributed by atoms with Gasteiger partial charge in [-0.15, -0.1) is 0 Å². The van der Waals surface area contributed by atoms with Crippen molar-refractivity contribution in [1.82, 2.24) is 31.1 Å². The summed E-state index contributed by atoms with van der Waals surface area (Å²) in [6.45, 7) is 10.4. The van der Waals surface area contributed by atoms with E-state index in [-0.39, 0.29) is 24.2 Å². The maximum absolute atomic E-state index is 13.7. The number of ether oxygens (including phenoxy) is 1. The first-order valence-corrected chi connectivity index (χ1v) is 17.5. The van der Waals surface area contributed by atoms with Crippen LogP contribution in [0.1, 0.15) is 67.9 Å². The van der Waals surface area contributed by atoms with Crippen molar-refractivity contribution in [2.24, 2.45) is 5.92 Å². The Morgan fingerprint density at radius 1 is 0.837 bits per heavy atom. The third-order valence-electron chi connectivity index (χ3n) is 8.84. The van der Waals surface area contributed by atoms with Crippen LogP contribution in [0.4, 0.5) is 0 Å². The van der Waals surface area contributed by atoms with Gasteiger partial charge in [-0.1, -0.05) is 56.3 Å². The van der Waals surface area contributed by atoms with Gasteiger partial charge < -0.3 is 30.9 Å². The third kappa shape index (κ3) is 12.3. The summed E-state index contributed by atoms with van der Waals surface area (Å²) in [6.07, 6.45) is 2.27. The highest BCUT2D eigenvalue weighted by Gasteiger charge is 2.29. The second-order valence-electron chi connectivity index (χ2n) is 13.4. The smallest absolute Gasteiger partial charge is 0.251 e. The van der Waals surface area contributed by atoms with Gasteiger partial charge in [-0.2, -0.15) is 0 Å². The van der Waals surface area contributed by atoms with Gasteiger partial charge in [-0.25, -0.2) is 0 Å². The largest absolute Gasteiger partial charge is 0.379 e. The number of rotatable bonds is 7. The number of carbonyl (C=O) groups is 5. The molecule has 0 aliphatic carbocycles. The topological polar surface area (TPSA) is 149 Å². The van der Waals surface area contributed by atoms with Gasteiger partial charge in [0.25, 0.3) is 5.91 Å². The predicted octanol–water partition coefficient (Wildman–Crippen LogP) is 2.02. The summed E-state index contributed by atoms with van der Waals surface area (Å²) >= 11 is 0. The zero-order valence-corrected chi connectivity index (χ0v) is 29.0. The second-order valence-corrected chi connectivity index (χ2v) is 13.4. The van der Waals surface area contributed by atoms with Crippen molar-refractivity contribution >= 4 is 29.5 Å². The van der Waals surface area contributed by atoms with Crippen molar-refractivity contribution in [3.8, 4) is 0 Å². The zero-order valence-electron chi connectivity index (χ0n) is 29.0. The number of benzene rings is 2. The van der Waals surface area contributed by atoms with Gasteiger partial charge in [0.15, 0.2) is 0 Å². The molecule has 266 valence electrons. The molecule has 5 amide bonds. The molecule has 0 aromatic heterocycles. The molecule has 5 rings (SSSR count). The molecule has 3 heterocycles. The minimum atomic E-state index is -0.966. The van der Waals surface area contributed by atoms with E-state index >= 15 is 0 Å². The Balaban J connectivity index is 1.55. The fourth-order valence-electron chi connectivity index (χ4n) is 5.96. The summed E-state index contributed by atoms with van der Waals surface area (Å²) in [5.41, 5.74) is 2.10. The van der Waals surface area contributed by atoms with Crippen LogP contribution >= 0.6 is 0 Å². The fourth-order valence-corrected chi connectivity index (χ4v) is 5.96. The van der Waals surface area contributed by atoms with Crippen LogP contribution in [0.15, 0.2) is 54.6 Å². The lowest BCUT2D eigenvalue weighted by Gasteiger charge is -2.28. The first-order chi connectivity index (χ1) is 23.6. The first kappa shape index (κ1) is 37.5. The molecule has 12 heteroatoms. The lowest BCUT2D eigenvalue weighted by molar-refractivity contribution is -0.133. The van der Waals surface area contributed by atoms with Crippen LogP contribution in [0.2, 0.25) is 0 Å². The van der Waals surface area contributed by atoms with Crippen molar-refractivity contribution < 1.29 is 28.7 Å². The van der Waals surface area contributed by atoms with Crippen molar-refractivity contribution in [2.75, 3.05) is 45.9 Å². The highest BCUT2D eigenvalue weighted by atomic mass is 16.5. The van der Waals surface area contributed by atoms with Gasteiger partial charge in [-0.3, -0.25) is 28.9 Å². The molecule has 49 heavy (non-hydrogen) atoms. The number of morpholine rings is 1. The highest BCUT2D eigenvalue weighted by Crippen LogP contribution is 2.13. The lowest BCUT2D eigenvalue weighted by atomic mass is 10.0. The van der Waals surface area contributed by atoms with Gasteiger partial charge in [0.1, 0.15) is 18.1 Å². The summed E-state index contributed by atoms with van der Waals surface area (Å²) in [7, 11) is 0. The Hall–Kier alpha value is -4.29. The molecule has 3 aliphatic rings. The molecule has 2 aromatic rings. The van der Waals surface area contributed by atoms with E-state index in [0.717, 1.165) is 24.2 Å². The van der Waals surface area contributed by atoms with Crippen LogP contribution in [0.5, 0.6) is 0 Å². The second kappa shape index (κ2) is 19.0. The van der Waals surface area contributed by atoms with Crippen molar-refractivity contribution in [3.63, 3.8) is 0 Å². The Morgan fingerprint density at radius 3 is 2.22 bits per heavy atom. The van der Waals surface area contributed by atoms with E-state index in [2.05, 4.69) is 26.2 Å². The Labute approximate surface area is 289 Å². The molecule has 4 N–H and O–H groups in total. The van der Waals surface area contributed by atoms with Gasteiger partial charge >= 0.3 is 0 Å². The molecule has 0 saturated carbocycles. The van der Waals surface area contributed by atoms with Gasteiger partial charge in [0, 0.05) is 57.7 Å². The number of nitrogens with zero attached hydrogens (tertiary/aromatic N) is 2. The molecule has 1 saturated heterocycles. The SMILES string of the molecule is CC(C)C[C@@H]1NC(=O)[C@@H](Cc2ccccc2)NC(=O)c2ccc(cc2)CN(C(=O)CCN2CCOCC2)CCCCNC(=O)[C@@H](C)NC1=O. The average Bonchev–Trinajstić information content (AvgIpc) is 3.09. The summed E-state index contributed by atoms with van der Waals surface area (Å²) in [4.78, 5) is 71.0. The van der Waals surface area contributed by atoms with E-state index < -0.39 is 35.8 Å². The lowest BCUT2D eigenvalue weighted by Crippen LogP contribution is -2.57. The maximum atomic E-state index is 13.7. The number of hydrogen-bond acceptors (Lipinski definition) is 7. The third-order valence-corrected chi connectivity index (χ3v) is 8.84. The molecule has 12 nitrogen and oxygen atoms in total. The number of carbonyl (C=O) groups excluding carboxylic acids is 5. The predicted molar refractivity (Wildman–Crippen MR) is 186 cm³/mol. The van der Waals surface area contributed by atoms with E-state index in [4.69, 9.17) is 4.74 Å². The van der Waals surface area contributed by atoms with Crippen LogP contribution in [0, 0.1) is 5.92 Å². The highest BCUT2D eigenvalue weighted by molar-refractivity contribution is 5.99. The normalized spacial score (nSPS) is 22.4. The van der Waals surface area contributed by atoms with Crippen LogP contribution in [0.3, 0.4) is 0 Å². The van der Waals surface area contributed by atoms with E-state index in [0.29, 0.717) is 70.6 Å². The van der Waals surface area contributed by atoms with E-state index in [1.54, 1.807) is 19.1 Å². The minimum absolute atomic E-state index is 0.0396. The molecular weight excluding hydrogens is 624 g/mol. The summed E-state index contributed by atoms with van der Waals surface area (Å²) in [5, 5.41) is 11.4. The van der Waals surface area contributed by atoms with Crippen molar-refractivity contribution in [3.05, 3.63) is 71.3 Å². The van der Waals surface area contributed by atoms with Gasteiger partial charge in [0.05, 0.1) is 13.2 Å². The van der Waals surface area contributed by atoms with Gasteiger partial charge in [-0.05, 0) is 55.4 Å². The summed E-state index contributed by atoms with van der Waals surface area (Å²) in [6, 6.07) is 13.7. The van der Waals surface area contributed by atoms with Crippen LogP contribution in [0.25, 0.3) is 0 Å². The standard InChI is InChI=1S/C37H52N6O6/c1-26(2)23-31-36(47)39-27(3)34(45)38-16-7-8-17-43(33(44)15-18-42-19-21-49-22-20-42)25-29-11-13-30(14-12-29)35(46)40-32(37(48)41-31)24-28-9-5-4-6-10-28/h4-6,9-14,26-27,31-32H,7-8,15-25H2,1-3H3,(H,38,45)(H,39,47)(H,40,46)(H,41,48)/t27-,31+,32-/m1/s1. The molecule has 0 unspecified atom stereocenters. The van der Waals surface area contributed by atoms with Crippen LogP contribution in [-0.4, -0.2) is 103 Å². The Morgan fingerprint density at radius 2 is 1.53 bits per heavy atom. The summed E-state index contributed by atoms with van der Waals surface area (Å²) in [5.74, 6) is -1.62. The summed E-state index contributed by atoms with van der Waals surface area (Å²) < 4.78 is 5.43. The van der Waals surface area contributed by atoms with E-state index in [9.17, 15) is 24.0 Å². The zero-order chi connectivity index (χ0) is 35.2. The quantitative estimate of drug-likeness (QED) is 0.328. The molecule has 2 bridgehead atoms. The molecule has 3 aliphatic heterocycles. The number of amides is 5. The Kier molecular flexibility index (Phi) is 14.6. The number of nitrogens with one attached hydrogen (secondary N) is 4. The minimum Gasteiger partial charge on any atom is -0.379 e. The monoisotopic (exact) mass is 676 g/mol. The van der Waals surface area contributed by atoms with E-state index in [1.165, 1.54) is 0 Å². The molecule has 2 aromatic carbocycles. The number of fused-ring (bicyclic) bond motifs is 18.